The van der Waals surface area contributed by atoms with Crippen LogP contribution in [0.5, 0.6) is 0 Å². The van der Waals surface area contributed by atoms with Crippen molar-refractivity contribution in [3.63, 3.8) is 0 Å². The molecule has 0 saturated heterocycles. The maximum absolute atomic E-state index is 13.5. The summed E-state index contributed by atoms with van der Waals surface area (Å²) in [6.07, 6.45) is 0.978. The minimum atomic E-state index is -3.89. The monoisotopic (exact) mass is 547 g/mol. The molecular formula is C23H28Cl3N3O4S. The maximum Gasteiger partial charge on any atom is 0.244 e. The van der Waals surface area contributed by atoms with Crippen LogP contribution >= 0.6 is 34.8 Å². The van der Waals surface area contributed by atoms with Crippen molar-refractivity contribution in [2.75, 3.05) is 17.1 Å². The summed E-state index contributed by atoms with van der Waals surface area (Å²) in [7, 11) is -3.89. The van der Waals surface area contributed by atoms with Gasteiger partial charge in [0, 0.05) is 27.2 Å². The van der Waals surface area contributed by atoms with E-state index in [0.29, 0.717) is 10.6 Å². The summed E-state index contributed by atoms with van der Waals surface area (Å²) in [4.78, 5) is 27.7. The van der Waals surface area contributed by atoms with Gasteiger partial charge in [0.2, 0.25) is 21.8 Å². The van der Waals surface area contributed by atoms with E-state index in [1.54, 1.807) is 31.2 Å². The molecule has 0 aliphatic heterocycles. The molecule has 0 aliphatic rings. The lowest BCUT2D eigenvalue weighted by molar-refractivity contribution is -0.140. The van der Waals surface area contributed by atoms with E-state index in [9.17, 15) is 18.0 Å². The molecule has 0 heterocycles. The van der Waals surface area contributed by atoms with E-state index in [4.69, 9.17) is 34.8 Å². The molecule has 1 atom stereocenters. The van der Waals surface area contributed by atoms with Crippen molar-refractivity contribution < 1.29 is 18.0 Å². The fourth-order valence-electron chi connectivity index (χ4n) is 3.19. The van der Waals surface area contributed by atoms with Crippen LogP contribution in [0.15, 0.2) is 42.5 Å². The lowest BCUT2D eigenvalue weighted by atomic mass is 10.1. The molecular weight excluding hydrogens is 521 g/mol. The van der Waals surface area contributed by atoms with Gasteiger partial charge in [-0.1, -0.05) is 46.9 Å². The Bertz CT molecular complexity index is 1150. The molecule has 0 radical (unpaired) electrons. The number of nitrogens with zero attached hydrogens (tertiary/aromatic N) is 2. The van der Waals surface area contributed by atoms with Gasteiger partial charge in [0.05, 0.1) is 11.9 Å². The highest BCUT2D eigenvalue weighted by Crippen LogP contribution is 2.27. The molecule has 2 aromatic carbocycles. The minimum Gasteiger partial charge on any atom is -0.350 e. The number of halogens is 3. The number of hydrogen-bond acceptors (Lipinski definition) is 4. The van der Waals surface area contributed by atoms with Gasteiger partial charge in [0.1, 0.15) is 12.6 Å². The third kappa shape index (κ3) is 8.34. The van der Waals surface area contributed by atoms with Crippen LogP contribution < -0.4 is 9.62 Å². The average Bonchev–Trinajstić information content (AvgIpc) is 2.66. The highest BCUT2D eigenvalue weighted by molar-refractivity contribution is 7.92. The molecule has 2 aromatic rings. The third-order valence-electron chi connectivity index (χ3n) is 4.72. The Morgan fingerprint density at radius 2 is 1.59 bits per heavy atom. The van der Waals surface area contributed by atoms with Gasteiger partial charge in [-0.3, -0.25) is 13.9 Å². The van der Waals surface area contributed by atoms with E-state index in [2.05, 4.69) is 5.32 Å². The number of hydrogen-bond donors (Lipinski definition) is 1. The fourth-order valence-corrected chi connectivity index (χ4v) is 4.75. The predicted octanol–water partition coefficient (Wildman–Crippen LogP) is 4.74. The Labute approximate surface area is 216 Å². The summed E-state index contributed by atoms with van der Waals surface area (Å²) in [5.74, 6) is -0.961. The van der Waals surface area contributed by atoms with Crippen molar-refractivity contribution in [1.29, 1.82) is 0 Å². The van der Waals surface area contributed by atoms with E-state index in [1.807, 2.05) is 20.8 Å². The predicted molar refractivity (Wildman–Crippen MR) is 138 cm³/mol. The van der Waals surface area contributed by atoms with Gasteiger partial charge in [-0.2, -0.15) is 0 Å². The van der Waals surface area contributed by atoms with Crippen LogP contribution in [0.4, 0.5) is 5.69 Å². The van der Waals surface area contributed by atoms with Crippen LogP contribution in [0.1, 0.15) is 33.3 Å². The molecule has 2 rings (SSSR count). The third-order valence-corrected chi connectivity index (χ3v) is 6.53. The lowest BCUT2D eigenvalue weighted by Crippen LogP contribution is -2.54. The van der Waals surface area contributed by atoms with Crippen LogP contribution in [0, 0.1) is 0 Å². The first-order valence-electron chi connectivity index (χ1n) is 10.4. The molecule has 0 fully saturated rings. The van der Waals surface area contributed by atoms with Crippen molar-refractivity contribution >= 4 is 62.3 Å². The van der Waals surface area contributed by atoms with Crippen LogP contribution in [0.25, 0.3) is 0 Å². The molecule has 0 aromatic heterocycles. The Hall–Kier alpha value is -2.00. The largest absolute Gasteiger partial charge is 0.350 e. The summed E-state index contributed by atoms with van der Waals surface area (Å²) in [5.41, 5.74) is 0.308. The first-order valence-corrected chi connectivity index (χ1v) is 13.3. The summed E-state index contributed by atoms with van der Waals surface area (Å²) in [6, 6.07) is 10.2. The van der Waals surface area contributed by atoms with Gasteiger partial charge in [0.25, 0.3) is 0 Å². The Kier molecular flexibility index (Phi) is 9.27. The molecule has 186 valence electrons. The highest BCUT2D eigenvalue weighted by atomic mass is 35.5. The molecule has 1 N–H and O–H groups in total. The number of sulfonamides is 1. The highest BCUT2D eigenvalue weighted by Gasteiger charge is 2.31. The van der Waals surface area contributed by atoms with Crippen molar-refractivity contribution in [2.24, 2.45) is 0 Å². The van der Waals surface area contributed by atoms with E-state index >= 15 is 0 Å². The number of rotatable bonds is 8. The summed E-state index contributed by atoms with van der Waals surface area (Å²) in [6.45, 7) is 6.57. The standard InChI is InChI=1S/C23H28Cl3N3O4S/c1-15(22(31)27-23(2,3)4)28(13-16-7-6-8-17(24)9-16)21(30)14-29(34(5,32)33)20-11-18(25)10-19(26)12-20/h6-12,15H,13-14H2,1-5H3,(H,27,31)/t15-/m1/s1. The molecule has 7 nitrogen and oxygen atoms in total. The second-order valence-corrected chi connectivity index (χ2v) is 12.2. The first kappa shape index (κ1) is 28.2. The first-order chi connectivity index (χ1) is 15.6. The number of carbonyl (C=O) groups is 2. The van der Waals surface area contributed by atoms with Crippen LogP contribution in [-0.4, -0.2) is 49.5 Å². The van der Waals surface area contributed by atoms with Gasteiger partial charge in [0.15, 0.2) is 0 Å². The summed E-state index contributed by atoms with van der Waals surface area (Å²) in [5, 5.41) is 3.77. The van der Waals surface area contributed by atoms with Crippen molar-refractivity contribution in [3.8, 4) is 0 Å². The molecule has 34 heavy (non-hydrogen) atoms. The molecule has 0 aliphatic carbocycles. The van der Waals surface area contributed by atoms with E-state index in [-0.39, 0.29) is 28.2 Å². The van der Waals surface area contributed by atoms with E-state index in [1.165, 1.54) is 23.1 Å². The van der Waals surface area contributed by atoms with Gasteiger partial charge in [-0.15, -0.1) is 0 Å². The molecule has 0 saturated carbocycles. The maximum atomic E-state index is 13.5. The molecule has 0 bridgehead atoms. The smallest absolute Gasteiger partial charge is 0.244 e. The van der Waals surface area contributed by atoms with Crippen LogP contribution in [-0.2, 0) is 26.2 Å². The topological polar surface area (TPSA) is 86.8 Å². The normalized spacial score (nSPS) is 12.7. The quantitative estimate of drug-likeness (QED) is 0.516. The zero-order valence-corrected chi connectivity index (χ0v) is 22.7. The van der Waals surface area contributed by atoms with Crippen molar-refractivity contribution in [3.05, 3.63) is 63.1 Å². The van der Waals surface area contributed by atoms with Crippen molar-refractivity contribution in [2.45, 2.75) is 45.8 Å². The SMILES string of the molecule is C[C@H](C(=O)NC(C)(C)C)N(Cc1cccc(Cl)c1)C(=O)CN(c1cc(Cl)cc(Cl)c1)S(C)(=O)=O. The second kappa shape index (κ2) is 11.2. The number of benzene rings is 2. The zero-order chi connectivity index (χ0) is 25.8. The zero-order valence-electron chi connectivity index (χ0n) is 19.6. The van der Waals surface area contributed by atoms with Crippen LogP contribution in [0.3, 0.4) is 0 Å². The Balaban J connectivity index is 2.44. The van der Waals surface area contributed by atoms with Gasteiger partial charge < -0.3 is 10.2 Å². The molecule has 0 spiro atoms. The second-order valence-electron chi connectivity index (χ2n) is 8.96. The van der Waals surface area contributed by atoms with Gasteiger partial charge >= 0.3 is 0 Å². The molecule has 11 heteroatoms. The molecule has 2 amide bonds. The minimum absolute atomic E-state index is 0.0476. The number of carbonyl (C=O) groups excluding carboxylic acids is 2. The molecule has 0 unspecified atom stereocenters. The van der Waals surface area contributed by atoms with Crippen molar-refractivity contribution in [1.82, 2.24) is 10.2 Å². The Morgan fingerprint density at radius 1 is 1.00 bits per heavy atom. The van der Waals surface area contributed by atoms with E-state index in [0.717, 1.165) is 10.6 Å². The number of nitrogens with one attached hydrogen (secondary N) is 1. The Morgan fingerprint density at radius 3 is 2.09 bits per heavy atom. The summed E-state index contributed by atoms with van der Waals surface area (Å²) >= 11 is 18.2. The van der Waals surface area contributed by atoms with E-state index < -0.39 is 34.1 Å². The van der Waals surface area contributed by atoms with Gasteiger partial charge in [-0.25, -0.2) is 8.42 Å². The average molecular weight is 549 g/mol. The van der Waals surface area contributed by atoms with Crippen LogP contribution in [0.2, 0.25) is 15.1 Å². The number of amides is 2. The fraction of sp³-hybridized carbons (Fsp3) is 0.391. The number of anilines is 1. The lowest BCUT2D eigenvalue weighted by Gasteiger charge is -2.33. The summed E-state index contributed by atoms with van der Waals surface area (Å²) < 4.78 is 26.1. The van der Waals surface area contributed by atoms with Gasteiger partial charge in [-0.05, 0) is 63.6 Å².